The van der Waals surface area contributed by atoms with Gasteiger partial charge in [0.25, 0.3) is 0 Å². The highest BCUT2D eigenvalue weighted by Gasteiger charge is 2.11. The third kappa shape index (κ3) is 9.70. The number of rotatable bonds is 4. The summed E-state index contributed by atoms with van der Waals surface area (Å²) in [6, 6.07) is 0. The standard InChI is InChI=1S/C13H22N2O.C2H6/c1-6-7-11(9-14)10(2)8-12(15)16-13(3,4)5;1-2/h6-9,14H,15H2,1-5H3;1-2H3/b7-6-,11-10-,12-8+,14-9?;. The highest BCUT2D eigenvalue weighted by Crippen LogP contribution is 2.13. The Morgan fingerprint density at radius 1 is 1.22 bits per heavy atom. The first kappa shape index (κ1) is 18.8. The van der Waals surface area contributed by atoms with Crippen molar-refractivity contribution in [3.8, 4) is 0 Å². The van der Waals surface area contributed by atoms with Gasteiger partial charge in [0.05, 0.1) is 0 Å². The molecule has 0 saturated carbocycles. The topological polar surface area (TPSA) is 59.1 Å². The van der Waals surface area contributed by atoms with Gasteiger partial charge in [0.15, 0.2) is 5.88 Å². The van der Waals surface area contributed by atoms with Crippen LogP contribution in [0.3, 0.4) is 0 Å². The second-order valence-corrected chi connectivity index (χ2v) is 4.54. The molecule has 0 rings (SSSR count). The van der Waals surface area contributed by atoms with Crippen LogP contribution in [-0.2, 0) is 4.74 Å². The molecular formula is C15H28N2O. The maximum Gasteiger partial charge on any atom is 0.184 e. The van der Waals surface area contributed by atoms with E-state index in [0.29, 0.717) is 5.88 Å². The highest BCUT2D eigenvalue weighted by atomic mass is 16.5. The normalized spacial score (nSPS) is 13.6. The molecule has 0 aliphatic heterocycles. The van der Waals surface area contributed by atoms with E-state index in [9.17, 15) is 0 Å². The Morgan fingerprint density at radius 2 is 1.72 bits per heavy atom. The van der Waals surface area contributed by atoms with Gasteiger partial charge in [0.1, 0.15) is 5.60 Å². The summed E-state index contributed by atoms with van der Waals surface area (Å²) in [7, 11) is 0. The van der Waals surface area contributed by atoms with E-state index >= 15 is 0 Å². The van der Waals surface area contributed by atoms with Crippen molar-refractivity contribution < 1.29 is 4.74 Å². The van der Waals surface area contributed by atoms with Gasteiger partial charge >= 0.3 is 0 Å². The Morgan fingerprint density at radius 3 is 2.06 bits per heavy atom. The molecule has 0 aromatic heterocycles. The van der Waals surface area contributed by atoms with E-state index in [4.69, 9.17) is 15.9 Å². The fraction of sp³-hybridized carbons (Fsp3) is 0.533. The van der Waals surface area contributed by atoms with Crippen LogP contribution in [0.4, 0.5) is 0 Å². The molecule has 3 nitrogen and oxygen atoms in total. The SMILES string of the molecule is CC.C\C=C/C(C=N)=C(C)/C=C(\N)OC(C)(C)C. The maximum atomic E-state index is 7.27. The van der Waals surface area contributed by atoms with Gasteiger partial charge in [-0.1, -0.05) is 26.0 Å². The van der Waals surface area contributed by atoms with Gasteiger partial charge in [0.2, 0.25) is 0 Å². The number of hydrogen-bond donors (Lipinski definition) is 2. The van der Waals surface area contributed by atoms with Gasteiger partial charge in [-0.2, -0.15) is 0 Å². The van der Waals surface area contributed by atoms with E-state index in [-0.39, 0.29) is 5.60 Å². The van der Waals surface area contributed by atoms with E-state index in [0.717, 1.165) is 11.1 Å². The van der Waals surface area contributed by atoms with Crippen molar-refractivity contribution in [3.05, 3.63) is 35.3 Å². The van der Waals surface area contributed by atoms with Crippen LogP contribution < -0.4 is 5.73 Å². The van der Waals surface area contributed by atoms with Crippen LogP contribution in [0.15, 0.2) is 35.3 Å². The molecule has 0 aliphatic carbocycles. The van der Waals surface area contributed by atoms with Crippen molar-refractivity contribution in [2.45, 2.75) is 54.1 Å². The Hall–Kier alpha value is -1.51. The second-order valence-electron chi connectivity index (χ2n) is 4.54. The first-order valence-electron chi connectivity index (χ1n) is 6.30. The quantitative estimate of drug-likeness (QED) is 0.448. The van der Waals surface area contributed by atoms with Crippen LogP contribution in [0, 0.1) is 5.41 Å². The van der Waals surface area contributed by atoms with Crippen molar-refractivity contribution in [3.63, 3.8) is 0 Å². The number of hydrogen-bond acceptors (Lipinski definition) is 3. The highest BCUT2D eigenvalue weighted by molar-refractivity contribution is 5.81. The van der Waals surface area contributed by atoms with Crippen molar-refractivity contribution in [1.82, 2.24) is 0 Å². The van der Waals surface area contributed by atoms with Gasteiger partial charge in [0, 0.05) is 12.3 Å². The zero-order valence-electron chi connectivity index (χ0n) is 12.8. The van der Waals surface area contributed by atoms with Crippen LogP contribution in [-0.4, -0.2) is 11.8 Å². The molecule has 0 amide bonds. The van der Waals surface area contributed by atoms with Crippen LogP contribution >= 0.6 is 0 Å². The zero-order chi connectivity index (χ0) is 14.8. The lowest BCUT2D eigenvalue weighted by atomic mass is 10.1. The molecule has 0 atom stereocenters. The number of ether oxygens (including phenoxy) is 1. The monoisotopic (exact) mass is 252 g/mol. The van der Waals surface area contributed by atoms with E-state index in [1.54, 1.807) is 6.08 Å². The van der Waals surface area contributed by atoms with E-state index in [1.165, 1.54) is 6.21 Å². The van der Waals surface area contributed by atoms with E-state index in [1.807, 2.05) is 60.6 Å². The van der Waals surface area contributed by atoms with E-state index in [2.05, 4.69) is 0 Å². The molecular weight excluding hydrogens is 224 g/mol. The number of nitrogens with one attached hydrogen (secondary N) is 1. The molecule has 18 heavy (non-hydrogen) atoms. The smallest absolute Gasteiger partial charge is 0.184 e. The molecule has 3 N–H and O–H groups in total. The summed E-state index contributed by atoms with van der Waals surface area (Å²) < 4.78 is 5.49. The fourth-order valence-electron chi connectivity index (χ4n) is 1.15. The van der Waals surface area contributed by atoms with Crippen molar-refractivity contribution in [1.29, 1.82) is 5.41 Å². The third-order valence-electron chi connectivity index (χ3n) is 1.74. The largest absolute Gasteiger partial charge is 0.474 e. The zero-order valence-corrected chi connectivity index (χ0v) is 12.8. The summed E-state index contributed by atoms with van der Waals surface area (Å²) in [6.07, 6.45) is 6.80. The van der Waals surface area contributed by atoms with Gasteiger partial charge < -0.3 is 15.9 Å². The molecule has 0 radical (unpaired) electrons. The molecule has 0 unspecified atom stereocenters. The summed E-state index contributed by atoms with van der Waals surface area (Å²) in [5, 5.41) is 7.27. The molecule has 0 spiro atoms. The predicted octanol–water partition coefficient (Wildman–Crippen LogP) is 4.17. The predicted molar refractivity (Wildman–Crippen MR) is 80.8 cm³/mol. The van der Waals surface area contributed by atoms with Gasteiger partial charge in [-0.05, 0) is 45.8 Å². The van der Waals surface area contributed by atoms with Gasteiger partial charge in [-0.15, -0.1) is 0 Å². The molecule has 0 saturated heterocycles. The lowest BCUT2D eigenvalue weighted by molar-refractivity contribution is 0.0505. The third-order valence-corrected chi connectivity index (χ3v) is 1.74. The molecule has 0 fully saturated rings. The molecule has 0 bridgehead atoms. The number of nitrogens with two attached hydrogens (primary N) is 1. The van der Waals surface area contributed by atoms with Crippen molar-refractivity contribution >= 4 is 6.21 Å². The Labute approximate surface area is 112 Å². The molecule has 0 aliphatic rings. The minimum atomic E-state index is -0.299. The Kier molecular flexibility index (Phi) is 9.96. The van der Waals surface area contributed by atoms with Crippen molar-refractivity contribution in [2.24, 2.45) is 5.73 Å². The summed E-state index contributed by atoms with van der Waals surface area (Å²) in [4.78, 5) is 0. The van der Waals surface area contributed by atoms with Crippen LogP contribution in [0.25, 0.3) is 0 Å². The summed E-state index contributed by atoms with van der Waals surface area (Å²) >= 11 is 0. The lowest BCUT2D eigenvalue weighted by Crippen LogP contribution is -2.22. The first-order valence-corrected chi connectivity index (χ1v) is 6.30. The Balaban J connectivity index is 0. The summed E-state index contributed by atoms with van der Waals surface area (Å²) in [5.74, 6) is 0.369. The fourth-order valence-corrected chi connectivity index (χ4v) is 1.15. The molecule has 3 heteroatoms. The van der Waals surface area contributed by atoms with E-state index < -0.39 is 0 Å². The maximum absolute atomic E-state index is 7.27. The first-order chi connectivity index (χ1) is 8.30. The number of allylic oxidation sites excluding steroid dienone is 5. The van der Waals surface area contributed by atoms with Gasteiger partial charge in [-0.3, -0.25) is 0 Å². The summed E-state index contributed by atoms with van der Waals surface area (Å²) in [5.41, 5.74) is 7.19. The second kappa shape index (κ2) is 9.51. The minimum Gasteiger partial charge on any atom is -0.474 e. The average molecular weight is 252 g/mol. The Bertz CT molecular complexity index is 331. The van der Waals surface area contributed by atoms with Crippen LogP contribution in [0.2, 0.25) is 0 Å². The lowest BCUT2D eigenvalue weighted by Gasteiger charge is -2.21. The molecule has 0 aromatic rings. The average Bonchev–Trinajstić information content (AvgIpc) is 2.25. The minimum absolute atomic E-state index is 0.299. The van der Waals surface area contributed by atoms with Crippen LogP contribution in [0.5, 0.6) is 0 Å². The molecule has 104 valence electrons. The molecule has 0 heterocycles. The molecule has 0 aromatic carbocycles. The summed E-state index contributed by atoms with van der Waals surface area (Å²) in [6.45, 7) is 13.6. The van der Waals surface area contributed by atoms with Gasteiger partial charge in [-0.25, -0.2) is 0 Å². The van der Waals surface area contributed by atoms with Crippen LogP contribution in [0.1, 0.15) is 48.5 Å². The van der Waals surface area contributed by atoms with Crippen molar-refractivity contribution in [2.75, 3.05) is 0 Å².